The van der Waals surface area contributed by atoms with Gasteiger partial charge in [-0.3, -0.25) is 9.59 Å². The van der Waals surface area contributed by atoms with E-state index in [2.05, 4.69) is 0 Å². The fourth-order valence-corrected chi connectivity index (χ4v) is 3.71. The third-order valence-electron chi connectivity index (χ3n) is 5.23. The number of carbonyl (C=O) groups is 1. The van der Waals surface area contributed by atoms with E-state index in [1.54, 1.807) is 9.47 Å². The number of aromatic nitrogens is 1. The molecule has 4 nitrogen and oxygen atoms in total. The van der Waals surface area contributed by atoms with E-state index in [0.29, 0.717) is 29.6 Å². The molecule has 1 saturated heterocycles. The van der Waals surface area contributed by atoms with Crippen LogP contribution in [0.15, 0.2) is 41.3 Å². The molecule has 0 radical (unpaired) electrons. The van der Waals surface area contributed by atoms with Crippen molar-refractivity contribution in [3.8, 4) is 0 Å². The number of rotatable bonds is 4. The molecule has 0 N–H and O–H groups in total. The maximum Gasteiger partial charge on any atom is 0.274 e. The van der Waals surface area contributed by atoms with Crippen LogP contribution in [0.3, 0.4) is 0 Å². The van der Waals surface area contributed by atoms with Crippen LogP contribution in [0, 0.1) is 12.8 Å². The topological polar surface area (TPSA) is 42.3 Å². The summed E-state index contributed by atoms with van der Waals surface area (Å²) in [7, 11) is 0. The van der Waals surface area contributed by atoms with E-state index in [0.717, 1.165) is 17.7 Å². The fraction of sp³-hybridized carbons (Fsp3) is 0.400. The van der Waals surface area contributed by atoms with Gasteiger partial charge in [0.25, 0.3) is 5.56 Å². The summed E-state index contributed by atoms with van der Waals surface area (Å²) in [5.41, 5.74) is 2.45. The summed E-state index contributed by atoms with van der Waals surface area (Å²) in [6.45, 7) is 3.21. The Morgan fingerprint density at radius 3 is 2.52 bits per heavy atom. The van der Waals surface area contributed by atoms with Gasteiger partial charge >= 0.3 is 0 Å². The van der Waals surface area contributed by atoms with Crippen LogP contribution in [-0.2, 0) is 11.3 Å². The summed E-state index contributed by atoms with van der Waals surface area (Å²) in [6.07, 6.45) is 4.67. The largest absolute Gasteiger partial charge is 0.313 e. The van der Waals surface area contributed by atoms with Crippen molar-refractivity contribution in [3.05, 3.63) is 63.0 Å². The first-order valence-corrected chi connectivity index (χ1v) is 9.16. The third kappa shape index (κ3) is 3.23. The van der Waals surface area contributed by atoms with Crippen LogP contribution in [0.1, 0.15) is 36.3 Å². The van der Waals surface area contributed by atoms with Crippen LogP contribution in [0.25, 0.3) is 0 Å². The molecule has 0 spiro atoms. The number of pyridine rings is 1. The van der Waals surface area contributed by atoms with E-state index in [1.807, 2.05) is 43.5 Å². The fourth-order valence-electron chi connectivity index (χ4n) is 3.59. The molecule has 1 amide bonds. The standard InChI is InChI=1S/C20H21ClN2O2/c1-13-8-9-22(11-14-2-3-14)20(25)19(13)23-12-16(10-18(23)24)15-4-6-17(21)7-5-15/h4-9,14,16H,2-3,10-12H2,1H3/t16-/m0/s1. The normalized spacial score (nSPS) is 20.3. The number of anilines is 1. The first-order chi connectivity index (χ1) is 12.0. The number of hydrogen-bond acceptors (Lipinski definition) is 2. The second-order valence-corrected chi connectivity index (χ2v) is 7.64. The van der Waals surface area contributed by atoms with Crippen molar-refractivity contribution in [1.82, 2.24) is 4.57 Å². The quantitative estimate of drug-likeness (QED) is 0.837. The minimum absolute atomic E-state index is 0.0179. The Balaban J connectivity index is 1.64. The minimum Gasteiger partial charge on any atom is -0.313 e. The smallest absolute Gasteiger partial charge is 0.274 e. The van der Waals surface area contributed by atoms with Gasteiger partial charge in [-0.25, -0.2) is 0 Å². The molecule has 4 rings (SSSR count). The lowest BCUT2D eigenvalue weighted by Crippen LogP contribution is -2.34. The maximum atomic E-state index is 12.9. The second-order valence-electron chi connectivity index (χ2n) is 7.21. The molecule has 1 aromatic heterocycles. The molecule has 1 aliphatic heterocycles. The van der Waals surface area contributed by atoms with E-state index in [-0.39, 0.29) is 17.4 Å². The molecule has 130 valence electrons. The van der Waals surface area contributed by atoms with Crippen molar-refractivity contribution < 1.29 is 4.79 Å². The van der Waals surface area contributed by atoms with Gasteiger partial charge in [0.1, 0.15) is 5.69 Å². The SMILES string of the molecule is Cc1ccn(CC2CC2)c(=O)c1N1C[C@@H](c2ccc(Cl)cc2)CC1=O. The van der Waals surface area contributed by atoms with Crippen molar-refractivity contribution in [2.45, 2.75) is 38.6 Å². The van der Waals surface area contributed by atoms with Crippen molar-refractivity contribution in [2.75, 3.05) is 11.4 Å². The molecular weight excluding hydrogens is 336 g/mol. The first-order valence-electron chi connectivity index (χ1n) is 8.79. The Labute approximate surface area is 152 Å². The Bertz CT molecular complexity index is 868. The van der Waals surface area contributed by atoms with Crippen molar-refractivity contribution in [1.29, 1.82) is 0 Å². The average Bonchev–Trinajstić information content (AvgIpc) is 3.33. The van der Waals surface area contributed by atoms with Gasteiger partial charge in [-0.1, -0.05) is 23.7 Å². The number of carbonyl (C=O) groups excluding carboxylic acids is 1. The Morgan fingerprint density at radius 1 is 1.12 bits per heavy atom. The number of hydrogen-bond donors (Lipinski definition) is 0. The molecule has 1 saturated carbocycles. The molecule has 25 heavy (non-hydrogen) atoms. The molecule has 1 atom stereocenters. The zero-order valence-corrected chi connectivity index (χ0v) is 15.0. The second kappa shape index (κ2) is 6.34. The molecule has 0 bridgehead atoms. The van der Waals surface area contributed by atoms with Gasteiger partial charge in [0.2, 0.25) is 5.91 Å². The van der Waals surface area contributed by atoms with E-state index >= 15 is 0 Å². The number of benzene rings is 1. The average molecular weight is 357 g/mol. The summed E-state index contributed by atoms with van der Waals surface area (Å²) in [6, 6.07) is 9.57. The zero-order valence-electron chi connectivity index (χ0n) is 14.2. The van der Waals surface area contributed by atoms with Crippen LogP contribution >= 0.6 is 11.6 Å². The predicted octanol–water partition coefficient (Wildman–Crippen LogP) is 3.74. The van der Waals surface area contributed by atoms with E-state index in [4.69, 9.17) is 11.6 Å². The summed E-state index contributed by atoms with van der Waals surface area (Å²) in [5.74, 6) is 0.731. The van der Waals surface area contributed by atoms with Crippen LogP contribution in [0.5, 0.6) is 0 Å². The molecule has 2 heterocycles. The maximum absolute atomic E-state index is 12.9. The van der Waals surface area contributed by atoms with E-state index < -0.39 is 0 Å². The lowest BCUT2D eigenvalue weighted by molar-refractivity contribution is -0.117. The molecule has 2 fully saturated rings. The molecule has 1 aromatic carbocycles. The monoisotopic (exact) mass is 356 g/mol. The van der Waals surface area contributed by atoms with Crippen LogP contribution in [-0.4, -0.2) is 17.0 Å². The third-order valence-corrected chi connectivity index (χ3v) is 5.48. The highest BCUT2D eigenvalue weighted by Crippen LogP contribution is 2.33. The van der Waals surface area contributed by atoms with Crippen molar-refractivity contribution in [2.24, 2.45) is 5.92 Å². The van der Waals surface area contributed by atoms with E-state index in [1.165, 1.54) is 12.8 Å². The summed E-state index contributed by atoms with van der Waals surface area (Å²) >= 11 is 5.96. The first kappa shape index (κ1) is 16.4. The van der Waals surface area contributed by atoms with Gasteiger partial charge < -0.3 is 9.47 Å². The van der Waals surface area contributed by atoms with Gasteiger partial charge in [0.05, 0.1) is 0 Å². The van der Waals surface area contributed by atoms with Crippen LogP contribution in [0.2, 0.25) is 5.02 Å². The highest BCUT2D eigenvalue weighted by Gasteiger charge is 2.34. The molecule has 5 heteroatoms. The highest BCUT2D eigenvalue weighted by atomic mass is 35.5. The summed E-state index contributed by atoms with van der Waals surface area (Å²) < 4.78 is 1.77. The van der Waals surface area contributed by atoms with E-state index in [9.17, 15) is 9.59 Å². The minimum atomic E-state index is -0.0444. The molecule has 2 aromatic rings. The lowest BCUT2D eigenvalue weighted by Gasteiger charge is -2.20. The van der Waals surface area contributed by atoms with Crippen LogP contribution in [0.4, 0.5) is 5.69 Å². The molecular formula is C20H21ClN2O2. The number of amides is 1. The Kier molecular flexibility index (Phi) is 4.16. The Morgan fingerprint density at radius 2 is 1.84 bits per heavy atom. The Hall–Kier alpha value is -2.07. The van der Waals surface area contributed by atoms with Gasteiger partial charge in [-0.05, 0) is 55.0 Å². The van der Waals surface area contributed by atoms with Crippen LogP contribution < -0.4 is 10.5 Å². The van der Waals surface area contributed by atoms with Gasteiger partial charge in [0, 0.05) is 36.6 Å². The predicted molar refractivity (Wildman–Crippen MR) is 99.3 cm³/mol. The zero-order chi connectivity index (χ0) is 17.6. The number of nitrogens with zero attached hydrogens (tertiary/aromatic N) is 2. The summed E-state index contributed by atoms with van der Waals surface area (Å²) in [4.78, 5) is 27.2. The number of halogens is 1. The molecule has 2 aliphatic rings. The summed E-state index contributed by atoms with van der Waals surface area (Å²) in [5, 5.41) is 0.687. The molecule has 0 unspecified atom stereocenters. The van der Waals surface area contributed by atoms with Crippen molar-refractivity contribution >= 4 is 23.2 Å². The molecule has 1 aliphatic carbocycles. The van der Waals surface area contributed by atoms with Crippen molar-refractivity contribution in [3.63, 3.8) is 0 Å². The van der Waals surface area contributed by atoms with Gasteiger partial charge in [0.15, 0.2) is 0 Å². The highest BCUT2D eigenvalue weighted by molar-refractivity contribution is 6.30. The van der Waals surface area contributed by atoms with Gasteiger partial charge in [-0.15, -0.1) is 0 Å². The lowest BCUT2D eigenvalue weighted by atomic mass is 9.98. The van der Waals surface area contributed by atoms with Gasteiger partial charge in [-0.2, -0.15) is 0 Å². The number of aryl methyl sites for hydroxylation is 1.